The quantitative estimate of drug-likeness (QED) is 0.745. The smallest absolute Gasteiger partial charge is 0.330 e. The summed E-state index contributed by atoms with van der Waals surface area (Å²) in [6, 6.07) is 8.02. The van der Waals surface area contributed by atoms with Crippen LogP contribution in [-0.2, 0) is 4.79 Å². The number of aliphatic carboxylic acids is 1. The van der Waals surface area contributed by atoms with E-state index in [1.807, 2.05) is 43.3 Å². The maximum absolute atomic E-state index is 10.1. The second kappa shape index (κ2) is 9.89. The Hall–Kier alpha value is -2.09. The van der Waals surface area contributed by atoms with Gasteiger partial charge < -0.3 is 5.11 Å². The van der Waals surface area contributed by atoms with Crippen molar-refractivity contribution in [3.05, 3.63) is 60.7 Å². The number of carboxylic acids is 1. The van der Waals surface area contributed by atoms with Crippen molar-refractivity contribution in [3.63, 3.8) is 0 Å². The summed E-state index contributed by atoms with van der Waals surface area (Å²) >= 11 is 0. The molecule has 0 atom stereocenters. The van der Waals surface area contributed by atoms with E-state index in [-0.39, 0.29) is 0 Å². The van der Waals surface area contributed by atoms with Gasteiger partial charge in [-0.25, -0.2) is 4.79 Å². The van der Waals surface area contributed by atoms with Crippen LogP contribution in [0.1, 0.15) is 37.3 Å². The van der Waals surface area contributed by atoms with Gasteiger partial charge in [0.05, 0.1) is 0 Å². The van der Waals surface area contributed by atoms with E-state index in [4.69, 9.17) is 5.11 Å². The minimum Gasteiger partial charge on any atom is -0.478 e. The normalized spacial score (nSPS) is 8.89. The molecule has 19 heavy (non-hydrogen) atoms. The van der Waals surface area contributed by atoms with Crippen molar-refractivity contribution >= 4 is 18.1 Å². The van der Waals surface area contributed by atoms with E-state index < -0.39 is 5.97 Å². The number of hydrogen-bond acceptors (Lipinski definition) is 1. The predicted molar refractivity (Wildman–Crippen MR) is 82.9 cm³/mol. The molecule has 0 radical (unpaired) electrons. The van der Waals surface area contributed by atoms with Crippen molar-refractivity contribution in [1.82, 2.24) is 0 Å². The fourth-order valence-electron chi connectivity index (χ4n) is 1.38. The summed E-state index contributed by atoms with van der Waals surface area (Å²) < 4.78 is 0. The van der Waals surface area contributed by atoms with Crippen LogP contribution in [0.4, 0.5) is 0 Å². The molecule has 0 aliphatic carbocycles. The molecule has 0 fully saturated rings. The van der Waals surface area contributed by atoms with Crippen LogP contribution in [0.2, 0.25) is 0 Å². The monoisotopic (exact) mass is 258 g/mol. The average molecular weight is 258 g/mol. The third-order valence-corrected chi connectivity index (χ3v) is 2.57. The molecule has 0 bridgehead atoms. The van der Waals surface area contributed by atoms with Crippen molar-refractivity contribution in [2.75, 3.05) is 0 Å². The van der Waals surface area contributed by atoms with Gasteiger partial charge in [-0.1, -0.05) is 69.5 Å². The lowest BCUT2D eigenvalue weighted by atomic mass is 10.1. The van der Waals surface area contributed by atoms with Crippen LogP contribution in [0.5, 0.6) is 0 Å². The molecule has 1 N–H and O–H groups in total. The molecule has 2 heteroatoms. The maximum Gasteiger partial charge on any atom is 0.330 e. The average Bonchev–Trinajstić information content (AvgIpc) is 2.45. The van der Waals surface area contributed by atoms with Gasteiger partial charge in [0.2, 0.25) is 0 Å². The summed E-state index contributed by atoms with van der Waals surface area (Å²) in [5.74, 6) is -0.872. The Kier molecular flexibility index (Phi) is 8.80. The molecule has 0 saturated heterocycles. The number of benzene rings is 1. The standard InChI is InChI=1S/C10H10.C7H12O2/c1-3-9-7-5-6-8-10(9)4-2;1-3-4-5-6(2)7(8)9/h3-8H,1-2H2;2-5H2,1H3,(H,8,9). The number of hydrogen-bond donors (Lipinski definition) is 1. The molecule has 1 rings (SSSR count). The zero-order valence-electron chi connectivity index (χ0n) is 11.6. The van der Waals surface area contributed by atoms with E-state index in [1.54, 1.807) is 0 Å². The van der Waals surface area contributed by atoms with E-state index in [0.717, 1.165) is 24.0 Å². The van der Waals surface area contributed by atoms with E-state index in [2.05, 4.69) is 19.7 Å². The third kappa shape index (κ3) is 7.04. The first-order chi connectivity index (χ1) is 9.06. The highest BCUT2D eigenvalue weighted by Crippen LogP contribution is 2.10. The molecule has 0 heterocycles. The molecule has 2 nitrogen and oxygen atoms in total. The molecular formula is C17H22O2. The molecule has 0 amide bonds. The van der Waals surface area contributed by atoms with Crippen molar-refractivity contribution < 1.29 is 9.90 Å². The van der Waals surface area contributed by atoms with Gasteiger partial charge in [0.1, 0.15) is 0 Å². The second-order valence-corrected chi connectivity index (χ2v) is 4.05. The Labute approximate surface area is 115 Å². The highest BCUT2D eigenvalue weighted by molar-refractivity contribution is 5.85. The fourth-order valence-corrected chi connectivity index (χ4v) is 1.38. The molecule has 1 aromatic carbocycles. The highest BCUT2D eigenvalue weighted by Gasteiger charge is 2.00. The van der Waals surface area contributed by atoms with Crippen LogP contribution in [0, 0.1) is 0 Å². The highest BCUT2D eigenvalue weighted by atomic mass is 16.4. The summed E-state index contributed by atoms with van der Waals surface area (Å²) in [6.07, 6.45) is 6.22. The van der Waals surface area contributed by atoms with Crippen LogP contribution < -0.4 is 0 Å². The second-order valence-electron chi connectivity index (χ2n) is 4.05. The van der Waals surface area contributed by atoms with Crippen molar-refractivity contribution in [3.8, 4) is 0 Å². The Bertz CT molecular complexity index is 417. The maximum atomic E-state index is 10.1. The van der Waals surface area contributed by atoms with E-state index in [9.17, 15) is 4.79 Å². The van der Waals surface area contributed by atoms with E-state index in [0.29, 0.717) is 12.0 Å². The Morgan fingerprint density at radius 2 is 1.68 bits per heavy atom. The summed E-state index contributed by atoms with van der Waals surface area (Å²) in [4.78, 5) is 10.1. The van der Waals surface area contributed by atoms with Gasteiger partial charge in [0, 0.05) is 5.57 Å². The summed E-state index contributed by atoms with van der Waals surface area (Å²) in [6.45, 7) is 12.8. The van der Waals surface area contributed by atoms with Gasteiger partial charge in [-0.15, -0.1) is 0 Å². The SMILES string of the molecule is C=C(CCCC)C(=O)O.C=Cc1ccccc1C=C. The van der Waals surface area contributed by atoms with Crippen molar-refractivity contribution in [2.24, 2.45) is 0 Å². The van der Waals surface area contributed by atoms with Crippen LogP contribution >= 0.6 is 0 Å². The number of rotatable bonds is 6. The molecule has 0 unspecified atom stereocenters. The fraction of sp³-hybridized carbons (Fsp3) is 0.235. The van der Waals surface area contributed by atoms with Gasteiger partial charge >= 0.3 is 5.97 Å². The Balaban J connectivity index is 0.000000344. The zero-order valence-corrected chi connectivity index (χ0v) is 11.6. The van der Waals surface area contributed by atoms with Crippen molar-refractivity contribution in [1.29, 1.82) is 0 Å². The van der Waals surface area contributed by atoms with Gasteiger partial charge in [0.25, 0.3) is 0 Å². The molecule has 0 aliphatic heterocycles. The Morgan fingerprint density at radius 1 is 1.21 bits per heavy atom. The summed E-state index contributed by atoms with van der Waals surface area (Å²) in [5, 5.41) is 8.31. The minimum atomic E-state index is -0.872. The number of carbonyl (C=O) groups is 1. The molecule has 0 saturated carbocycles. The van der Waals surface area contributed by atoms with Gasteiger partial charge in [0.15, 0.2) is 0 Å². The lowest BCUT2D eigenvalue weighted by molar-refractivity contribution is -0.132. The van der Waals surface area contributed by atoms with Crippen LogP contribution in [-0.4, -0.2) is 11.1 Å². The van der Waals surface area contributed by atoms with Gasteiger partial charge in [-0.05, 0) is 24.0 Å². The molecule has 1 aromatic rings. The van der Waals surface area contributed by atoms with Crippen molar-refractivity contribution in [2.45, 2.75) is 26.2 Å². The topological polar surface area (TPSA) is 37.3 Å². The lowest BCUT2D eigenvalue weighted by Crippen LogP contribution is -1.97. The first-order valence-corrected chi connectivity index (χ1v) is 6.31. The summed E-state index contributed by atoms with van der Waals surface area (Å²) in [7, 11) is 0. The first kappa shape index (κ1) is 16.9. The number of carboxylic acid groups (broad SMARTS) is 1. The lowest BCUT2D eigenvalue weighted by Gasteiger charge is -1.96. The third-order valence-electron chi connectivity index (χ3n) is 2.57. The summed E-state index contributed by atoms with van der Waals surface area (Å²) in [5.41, 5.74) is 2.59. The van der Waals surface area contributed by atoms with Gasteiger partial charge in [-0.3, -0.25) is 0 Å². The molecule has 0 aromatic heterocycles. The number of unbranched alkanes of at least 4 members (excludes halogenated alkanes) is 1. The van der Waals surface area contributed by atoms with E-state index in [1.165, 1.54) is 0 Å². The van der Waals surface area contributed by atoms with Crippen LogP contribution in [0.3, 0.4) is 0 Å². The van der Waals surface area contributed by atoms with Crippen LogP contribution in [0.25, 0.3) is 12.2 Å². The predicted octanol–water partition coefficient (Wildman–Crippen LogP) is 4.79. The largest absolute Gasteiger partial charge is 0.478 e. The minimum absolute atomic E-state index is 0.317. The van der Waals surface area contributed by atoms with Crippen LogP contribution in [0.15, 0.2) is 49.6 Å². The molecule has 0 spiro atoms. The Morgan fingerprint density at radius 3 is 2.00 bits per heavy atom. The molecular weight excluding hydrogens is 236 g/mol. The van der Waals surface area contributed by atoms with E-state index >= 15 is 0 Å². The molecule has 102 valence electrons. The zero-order chi connectivity index (χ0) is 14.7. The first-order valence-electron chi connectivity index (χ1n) is 6.31. The molecule has 0 aliphatic rings. The van der Waals surface area contributed by atoms with Gasteiger partial charge in [-0.2, -0.15) is 0 Å².